The van der Waals surface area contributed by atoms with Gasteiger partial charge in [-0.3, -0.25) is 15.3 Å². The van der Waals surface area contributed by atoms with Gasteiger partial charge in [-0.15, -0.1) is 0 Å². The van der Waals surface area contributed by atoms with Crippen LogP contribution in [0.2, 0.25) is 0 Å². The first kappa shape index (κ1) is 15.2. The molecule has 2 aromatic heterocycles. The quantitative estimate of drug-likeness (QED) is 0.733. The lowest BCUT2D eigenvalue weighted by molar-refractivity contribution is 0.262. The van der Waals surface area contributed by atoms with Gasteiger partial charge in [-0.1, -0.05) is 30.3 Å². The number of benzene rings is 1. The number of carbonyl (C=O) groups is 1. The summed E-state index contributed by atoms with van der Waals surface area (Å²) in [6.07, 6.45) is 1.61. The summed E-state index contributed by atoms with van der Waals surface area (Å²) >= 11 is 3.29. The second-order valence-electron chi connectivity index (χ2n) is 4.85. The predicted octanol–water partition coefficient (Wildman–Crippen LogP) is 3.89. The Balaban J connectivity index is 1.71. The van der Waals surface area contributed by atoms with Crippen molar-refractivity contribution in [3.05, 3.63) is 59.2 Å². The highest BCUT2D eigenvalue weighted by molar-refractivity contribution is 9.10. The molecule has 0 saturated heterocycles. The van der Waals surface area contributed by atoms with Gasteiger partial charge in [0.2, 0.25) is 0 Å². The minimum absolute atomic E-state index is 0.391. The van der Waals surface area contributed by atoms with Crippen LogP contribution in [0.4, 0.5) is 16.4 Å². The Labute approximate surface area is 141 Å². The van der Waals surface area contributed by atoms with Gasteiger partial charge >= 0.3 is 6.03 Å². The maximum absolute atomic E-state index is 12.0. The number of anilines is 2. The lowest BCUT2D eigenvalue weighted by Crippen LogP contribution is -2.20. The lowest BCUT2D eigenvalue weighted by Gasteiger charge is -2.04. The zero-order valence-corrected chi connectivity index (χ0v) is 13.9. The number of nitrogens with one attached hydrogen (secondary N) is 2. The number of urea groups is 1. The monoisotopic (exact) mass is 371 g/mol. The summed E-state index contributed by atoms with van der Waals surface area (Å²) in [5.41, 5.74) is 1.95. The molecule has 0 bridgehead atoms. The third-order valence-corrected chi connectivity index (χ3v) is 3.63. The highest BCUT2D eigenvalue weighted by Crippen LogP contribution is 2.21. The van der Waals surface area contributed by atoms with Crippen LogP contribution in [0.5, 0.6) is 0 Å². The van der Waals surface area contributed by atoms with E-state index in [9.17, 15) is 4.79 Å². The van der Waals surface area contributed by atoms with Crippen LogP contribution in [0.15, 0.2) is 59.2 Å². The zero-order chi connectivity index (χ0) is 16.2. The Hall–Kier alpha value is -2.67. The van der Waals surface area contributed by atoms with Gasteiger partial charge in [0, 0.05) is 23.8 Å². The molecule has 2 heterocycles. The SMILES string of the molecule is Cn1nc(NC(=O)Nc2ccc(Br)cn2)cc1-c1ccccc1. The van der Waals surface area contributed by atoms with Gasteiger partial charge in [0.25, 0.3) is 0 Å². The fourth-order valence-corrected chi connectivity index (χ4v) is 2.36. The summed E-state index contributed by atoms with van der Waals surface area (Å²) in [4.78, 5) is 16.1. The van der Waals surface area contributed by atoms with Crippen molar-refractivity contribution in [3.63, 3.8) is 0 Å². The average Bonchev–Trinajstić information content (AvgIpc) is 2.91. The molecule has 2 amide bonds. The molecule has 1 aromatic carbocycles. The van der Waals surface area contributed by atoms with Gasteiger partial charge in [0.1, 0.15) is 5.82 Å². The van der Waals surface area contributed by atoms with Crippen LogP contribution in [0.3, 0.4) is 0 Å². The Kier molecular flexibility index (Phi) is 4.38. The van der Waals surface area contributed by atoms with Crippen LogP contribution < -0.4 is 10.6 Å². The molecule has 23 heavy (non-hydrogen) atoms. The summed E-state index contributed by atoms with van der Waals surface area (Å²) in [5.74, 6) is 0.936. The Bertz CT molecular complexity index is 814. The van der Waals surface area contributed by atoms with Crippen molar-refractivity contribution < 1.29 is 4.79 Å². The lowest BCUT2D eigenvalue weighted by atomic mass is 10.1. The number of amides is 2. The number of pyridine rings is 1. The fourth-order valence-electron chi connectivity index (χ4n) is 2.12. The number of aryl methyl sites for hydroxylation is 1. The number of nitrogens with zero attached hydrogens (tertiary/aromatic N) is 3. The van der Waals surface area contributed by atoms with Crippen LogP contribution in [-0.4, -0.2) is 20.8 Å². The predicted molar refractivity (Wildman–Crippen MR) is 93.2 cm³/mol. The molecule has 0 radical (unpaired) electrons. The van der Waals surface area contributed by atoms with E-state index in [2.05, 4.69) is 36.6 Å². The van der Waals surface area contributed by atoms with E-state index in [0.29, 0.717) is 11.6 Å². The van der Waals surface area contributed by atoms with Crippen LogP contribution in [-0.2, 0) is 7.05 Å². The van der Waals surface area contributed by atoms with Crippen molar-refractivity contribution in [3.8, 4) is 11.3 Å². The first-order chi connectivity index (χ1) is 11.1. The maximum Gasteiger partial charge on any atom is 0.326 e. The van der Waals surface area contributed by atoms with Crippen molar-refractivity contribution >= 4 is 33.6 Å². The van der Waals surface area contributed by atoms with E-state index in [1.807, 2.05) is 43.4 Å². The molecular weight excluding hydrogens is 358 g/mol. The van der Waals surface area contributed by atoms with Gasteiger partial charge in [0.05, 0.1) is 5.69 Å². The van der Waals surface area contributed by atoms with E-state index in [0.717, 1.165) is 15.7 Å². The zero-order valence-electron chi connectivity index (χ0n) is 12.3. The minimum atomic E-state index is -0.391. The van der Waals surface area contributed by atoms with E-state index < -0.39 is 6.03 Å². The van der Waals surface area contributed by atoms with Crippen molar-refractivity contribution in [2.24, 2.45) is 7.05 Å². The molecule has 0 saturated carbocycles. The topological polar surface area (TPSA) is 71.8 Å². The molecule has 0 aliphatic carbocycles. The van der Waals surface area contributed by atoms with Crippen molar-refractivity contribution in [2.75, 3.05) is 10.6 Å². The third-order valence-electron chi connectivity index (χ3n) is 3.16. The smallest absolute Gasteiger partial charge is 0.292 e. The molecule has 0 fully saturated rings. The Morgan fingerprint density at radius 2 is 1.83 bits per heavy atom. The normalized spacial score (nSPS) is 10.3. The van der Waals surface area contributed by atoms with Gasteiger partial charge in [0.15, 0.2) is 5.82 Å². The van der Waals surface area contributed by atoms with E-state index in [-0.39, 0.29) is 0 Å². The Morgan fingerprint density at radius 3 is 2.52 bits per heavy atom. The second kappa shape index (κ2) is 6.62. The van der Waals surface area contributed by atoms with E-state index in [1.54, 1.807) is 23.0 Å². The van der Waals surface area contributed by atoms with Crippen LogP contribution in [0.25, 0.3) is 11.3 Å². The molecule has 0 unspecified atom stereocenters. The molecule has 2 N–H and O–H groups in total. The standard InChI is InChI=1S/C16H14BrN5O/c1-22-13(11-5-3-2-4-6-11)9-15(21-22)20-16(23)19-14-8-7-12(17)10-18-14/h2-10H,1H3,(H2,18,19,20,21,23). The molecule has 0 aliphatic rings. The van der Waals surface area contributed by atoms with Gasteiger partial charge < -0.3 is 0 Å². The van der Waals surface area contributed by atoms with Crippen LogP contribution in [0, 0.1) is 0 Å². The number of halogens is 1. The molecule has 6 nitrogen and oxygen atoms in total. The number of carbonyl (C=O) groups excluding carboxylic acids is 1. The summed E-state index contributed by atoms with van der Waals surface area (Å²) in [5, 5.41) is 9.66. The number of hydrogen-bond acceptors (Lipinski definition) is 3. The van der Waals surface area contributed by atoms with Gasteiger partial charge in [-0.25, -0.2) is 9.78 Å². The Morgan fingerprint density at radius 1 is 1.09 bits per heavy atom. The highest BCUT2D eigenvalue weighted by atomic mass is 79.9. The van der Waals surface area contributed by atoms with Crippen molar-refractivity contribution in [1.29, 1.82) is 0 Å². The number of hydrogen-bond donors (Lipinski definition) is 2. The molecule has 3 aromatic rings. The molecule has 0 aliphatic heterocycles. The molecule has 3 rings (SSSR count). The van der Waals surface area contributed by atoms with E-state index in [4.69, 9.17) is 0 Å². The van der Waals surface area contributed by atoms with Crippen LogP contribution >= 0.6 is 15.9 Å². The summed E-state index contributed by atoms with van der Waals surface area (Å²) in [7, 11) is 1.84. The van der Waals surface area contributed by atoms with E-state index >= 15 is 0 Å². The molecule has 0 spiro atoms. The summed E-state index contributed by atoms with van der Waals surface area (Å²) in [6, 6.07) is 14.8. The maximum atomic E-state index is 12.0. The highest BCUT2D eigenvalue weighted by Gasteiger charge is 2.10. The largest absolute Gasteiger partial charge is 0.326 e. The number of aromatic nitrogens is 3. The molecule has 7 heteroatoms. The fraction of sp³-hybridized carbons (Fsp3) is 0.0625. The van der Waals surface area contributed by atoms with E-state index in [1.165, 1.54) is 0 Å². The van der Waals surface area contributed by atoms with Crippen molar-refractivity contribution in [1.82, 2.24) is 14.8 Å². The first-order valence-electron chi connectivity index (χ1n) is 6.91. The minimum Gasteiger partial charge on any atom is -0.292 e. The molecular formula is C16H14BrN5O. The second-order valence-corrected chi connectivity index (χ2v) is 5.76. The average molecular weight is 372 g/mol. The molecule has 0 atom stereocenters. The summed E-state index contributed by atoms with van der Waals surface area (Å²) < 4.78 is 2.57. The van der Waals surface area contributed by atoms with Gasteiger partial charge in [-0.05, 0) is 33.6 Å². The van der Waals surface area contributed by atoms with Crippen molar-refractivity contribution in [2.45, 2.75) is 0 Å². The summed E-state index contributed by atoms with van der Waals surface area (Å²) in [6.45, 7) is 0. The number of rotatable bonds is 3. The van der Waals surface area contributed by atoms with Gasteiger partial charge in [-0.2, -0.15) is 5.10 Å². The first-order valence-corrected chi connectivity index (χ1v) is 7.70. The molecule has 116 valence electrons. The van der Waals surface area contributed by atoms with Crippen LogP contribution in [0.1, 0.15) is 0 Å². The third kappa shape index (κ3) is 3.75.